The number of nitro groups is 1. The zero-order chi connectivity index (χ0) is 17.7. The van der Waals surface area contributed by atoms with Crippen LogP contribution in [0.25, 0.3) is 0 Å². The molecule has 0 aliphatic rings. The molecule has 0 aliphatic heterocycles. The van der Waals surface area contributed by atoms with Gasteiger partial charge in [0.25, 0.3) is 5.69 Å². The van der Waals surface area contributed by atoms with E-state index in [0.29, 0.717) is 21.5 Å². The van der Waals surface area contributed by atoms with Crippen molar-refractivity contribution in [3.05, 3.63) is 62.1 Å². The van der Waals surface area contributed by atoms with Gasteiger partial charge in [-0.05, 0) is 59.6 Å². The molecule has 0 spiro atoms. The maximum atomic E-state index is 11.0. The summed E-state index contributed by atoms with van der Waals surface area (Å²) in [6.07, 6.45) is 0.651. The summed E-state index contributed by atoms with van der Waals surface area (Å²) in [5.41, 5.74) is 1.28. The van der Waals surface area contributed by atoms with E-state index in [1.807, 2.05) is 13.8 Å². The molecule has 0 fully saturated rings. The highest BCUT2D eigenvalue weighted by molar-refractivity contribution is 9.10. The Hall–Kier alpha value is -2.41. The number of aldehydes is 1. The maximum absolute atomic E-state index is 11.0. The van der Waals surface area contributed by atoms with Gasteiger partial charge in [0.1, 0.15) is 12.9 Å². The molecule has 0 aromatic heterocycles. The Morgan fingerprint density at radius 1 is 1.25 bits per heavy atom. The molecule has 2 aromatic carbocycles. The van der Waals surface area contributed by atoms with E-state index < -0.39 is 4.92 Å². The second-order valence-corrected chi connectivity index (χ2v) is 6.18. The summed E-state index contributed by atoms with van der Waals surface area (Å²) in [4.78, 5) is 21.2. The van der Waals surface area contributed by atoms with Crippen LogP contribution >= 0.6 is 15.9 Å². The number of nitrogens with zero attached hydrogens (tertiary/aromatic N) is 1. The fourth-order valence-corrected chi connectivity index (χ4v) is 2.58. The molecule has 0 radical (unpaired) electrons. The Labute approximate surface area is 147 Å². The molecule has 0 aliphatic carbocycles. The van der Waals surface area contributed by atoms with Crippen molar-refractivity contribution in [2.24, 2.45) is 0 Å². The van der Waals surface area contributed by atoms with E-state index in [-0.39, 0.29) is 18.4 Å². The van der Waals surface area contributed by atoms with Crippen LogP contribution in [0.3, 0.4) is 0 Å². The number of carbonyl (C=O) groups is 1. The van der Waals surface area contributed by atoms with E-state index in [0.717, 1.165) is 11.8 Å². The largest absolute Gasteiger partial charge is 0.487 e. The Morgan fingerprint density at radius 2 is 1.92 bits per heavy atom. The van der Waals surface area contributed by atoms with Gasteiger partial charge < -0.3 is 9.47 Å². The summed E-state index contributed by atoms with van der Waals surface area (Å²) in [6, 6.07) is 9.38. The Morgan fingerprint density at radius 3 is 2.46 bits per heavy atom. The molecule has 2 aromatic rings. The second-order valence-electron chi connectivity index (χ2n) is 5.33. The van der Waals surface area contributed by atoms with Crippen LogP contribution in [0.2, 0.25) is 0 Å². The first-order chi connectivity index (χ1) is 11.4. The van der Waals surface area contributed by atoms with Crippen molar-refractivity contribution in [1.82, 2.24) is 0 Å². The van der Waals surface area contributed by atoms with E-state index in [1.165, 1.54) is 12.1 Å². The lowest BCUT2D eigenvalue weighted by Crippen LogP contribution is -2.08. The van der Waals surface area contributed by atoms with E-state index in [1.54, 1.807) is 24.3 Å². The molecule has 24 heavy (non-hydrogen) atoms. The van der Waals surface area contributed by atoms with Crippen molar-refractivity contribution in [2.75, 3.05) is 0 Å². The highest BCUT2D eigenvalue weighted by Crippen LogP contribution is 2.37. The molecule has 0 saturated carbocycles. The maximum Gasteiger partial charge on any atom is 0.269 e. The zero-order valence-electron chi connectivity index (χ0n) is 13.2. The van der Waals surface area contributed by atoms with E-state index >= 15 is 0 Å². The summed E-state index contributed by atoms with van der Waals surface area (Å²) in [7, 11) is 0. The average molecular weight is 394 g/mol. The van der Waals surface area contributed by atoms with Crippen molar-refractivity contribution in [3.8, 4) is 11.5 Å². The fourth-order valence-electron chi connectivity index (χ4n) is 2.01. The van der Waals surface area contributed by atoms with Gasteiger partial charge in [0.2, 0.25) is 0 Å². The average Bonchev–Trinajstić information content (AvgIpc) is 2.53. The zero-order valence-corrected chi connectivity index (χ0v) is 14.8. The first-order valence-electron chi connectivity index (χ1n) is 7.22. The van der Waals surface area contributed by atoms with Gasteiger partial charge in [-0.25, -0.2) is 0 Å². The fraction of sp³-hybridized carbons (Fsp3) is 0.235. The van der Waals surface area contributed by atoms with Crippen LogP contribution in [0.15, 0.2) is 40.9 Å². The van der Waals surface area contributed by atoms with Crippen LogP contribution in [-0.2, 0) is 6.61 Å². The number of rotatable bonds is 7. The predicted molar refractivity (Wildman–Crippen MR) is 92.7 cm³/mol. The monoisotopic (exact) mass is 393 g/mol. The number of non-ortho nitro benzene ring substituents is 1. The minimum Gasteiger partial charge on any atom is -0.487 e. The lowest BCUT2D eigenvalue weighted by atomic mass is 10.2. The van der Waals surface area contributed by atoms with E-state index in [2.05, 4.69) is 15.9 Å². The normalized spacial score (nSPS) is 10.5. The van der Waals surface area contributed by atoms with Gasteiger partial charge >= 0.3 is 0 Å². The van der Waals surface area contributed by atoms with Gasteiger partial charge in [0.15, 0.2) is 11.5 Å². The first kappa shape index (κ1) is 17.9. The summed E-state index contributed by atoms with van der Waals surface area (Å²) in [5, 5.41) is 10.7. The molecule has 0 amide bonds. The van der Waals surface area contributed by atoms with Crippen molar-refractivity contribution in [1.29, 1.82) is 0 Å². The number of halogens is 1. The third-order valence-corrected chi connectivity index (χ3v) is 3.65. The summed E-state index contributed by atoms with van der Waals surface area (Å²) in [5.74, 6) is 0.941. The highest BCUT2D eigenvalue weighted by atomic mass is 79.9. The molecule has 2 rings (SSSR count). The van der Waals surface area contributed by atoms with Crippen molar-refractivity contribution in [3.63, 3.8) is 0 Å². The predicted octanol–water partition coefficient (Wildman–Crippen LogP) is 4.54. The number of benzene rings is 2. The number of ether oxygens (including phenoxy) is 2. The third kappa shape index (κ3) is 4.55. The molecule has 0 N–H and O–H groups in total. The Kier molecular flexibility index (Phi) is 5.92. The Bertz CT molecular complexity index is 743. The van der Waals surface area contributed by atoms with E-state index in [4.69, 9.17) is 9.47 Å². The molecule has 6 nitrogen and oxygen atoms in total. The summed E-state index contributed by atoms with van der Waals surface area (Å²) in [6.45, 7) is 3.97. The molecule has 0 bridgehead atoms. The number of nitro benzene ring substituents is 1. The van der Waals surface area contributed by atoms with E-state index in [9.17, 15) is 14.9 Å². The van der Waals surface area contributed by atoms with Crippen LogP contribution in [0.1, 0.15) is 29.8 Å². The Balaban J connectivity index is 2.21. The number of hydrogen-bond acceptors (Lipinski definition) is 5. The molecule has 126 valence electrons. The third-order valence-electron chi connectivity index (χ3n) is 3.06. The SMILES string of the molecule is CC(C)Oc1cc(C=O)cc(Br)c1OCc1ccc([N+](=O)[O-])cc1. The standard InChI is InChI=1S/C17H16BrNO5/c1-11(2)24-16-8-13(9-20)7-15(18)17(16)23-10-12-3-5-14(6-4-12)19(21)22/h3-9,11H,10H2,1-2H3. The van der Waals surface area contributed by atoms with Gasteiger partial charge in [-0.15, -0.1) is 0 Å². The molecule has 0 atom stereocenters. The van der Waals surface area contributed by atoms with Crippen LogP contribution in [-0.4, -0.2) is 17.3 Å². The molecule has 0 unspecified atom stereocenters. The van der Waals surface area contributed by atoms with Gasteiger partial charge in [-0.1, -0.05) is 0 Å². The molecule has 0 heterocycles. The minimum absolute atomic E-state index is 0.0269. The first-order valence-corrected chi connectivity index (χ1v) is 8.01. The molecular formula is C17H16BrNO5. The summed E-state index contributed by atoms with van der Waals surface area (Å²) >= 11 is 3.38. The molecule has 7 heteroatoms. The minimum atomic E-state index is -0.450. The lowest BCUT2D eigenvalue weighted by Gasteiger charge is -2.17. The second kappa shape index (κ2) is 7.92. The smallest absolute Gasteiger partial charge is 0.269 e. The van der Waals surface area contributed by atoms with Gasteiger partial charge in [-0.3, -0.25) is 14.9 Å². The molecular weight excluding hydrogens is 378 g/mol. The quantitative estimate of drug-likeness (QED) is 0.392. The number of carbonyl (C=O) groups excluding carboxylic acids is 1. The highest BCUT2D eigenvalue weighted by Gasteiger charge is 2.14. The van der Waals surface area contributed by atoms with Crippen LogP contribution in [0.5, 0.6) is 11.5 Å². The van der Waals surface area contributed by atoms with Crippen molar-refractivity contribution in [2.45, 2.75) is 26.6 Å². The van der Waals surface area contributed by atoms with Crippen molar-refractivity contribution >= 4 is 27.9 Å². The number of hydrogen-bond donors (Lipinski definition) is 0. The summed E-state index contributed by atoms with van der Waals surface area (Å²) < 4.78 is 12.1. The van der Waals surface area contributed by atoms with Crippen molar-refractivity contribution < 1.29 is 19.2 Å². The van der Waals surface area contributed by atoms with Crippen LogP contribution < -0.4 is 9.47 Å². The lowest BCUT2D eigenvalue weighted by molar-refractivity contribution is -0.384. The van der Waals surface area contributed by atoms with Gasteiger partial charge in [-0.2, -0.15) is 0 Å². The van der Waals surface area contributed by atoms with Gasteiger partial charge in [0.05, 0.1) is 15.5 Å². The molecule has 0 saturated heterocycles. The topological polar surface area (TPSA) is 78.7 Å². The van der Waals surface area contributed by atoms with Crippen LogP contribution in [0, 0.1) is 10.1 Å². The van der Waals surface area contributed by atoms with Crippen LogP contribution in [0.4, 0.5) is 5.69 Å². The van der Waals surface area contributed by atoms with Gasteiger partial charge in [0, 0.05) is 17.7 Å².